The van der Waals surface area contributed by atoms with Crippen molar-refractivity contribution in [2.45, 2.75) is 57.0 Å². The molecule has 2 unspecified atom stereocenters. The maximum absolute atomic E-state index is 2.61. The molecule has 2 atom stereocenters. The third kappa shape index (κ3) is 5.31. The lowest BCUT2D eigenvalue weighted by Gasteiger charge is -2.35. The standard InChI is InChI=1S/C51H44N2/c1-51(2)47-19-11-9-17-43(47)44-31-30-42(34-48(44)51)52(40-26-21-36(22-27-40)35-13-5-3-6-14-35)41-28-23-37(24-29-41)38-25-32-50-46(33-38)45-18-10-12-20-49(45)53(50)39-15-7-4-8-16-39/h3-7,9-15,17-28,30-31,33-34,41,50H,8,16,29,32H2,1-2H3. The van der Waals surface area contributed by atoms with Crippen LogP contribution in [0.25, 0.3) is 27.8 Å². The van der Waals surface area contributed by atoms with E-state index in [1.54, 1.807) is 0 Å². The number of hydrogen-bond donors (Lipinski definition) is 0. The van der Waals surface area contributed by atoms with Gasteiger partial charge in [0.05, 0.1) is 12.1 Å². The molecular formula is C51H44N2. The van der Waals surface area contributed by atoms with Gasteiger partial charge in [-0.3, -0.25) is 0 Å². The number of para-hydroxylation sites is 1. The Balaban J connectivity index is 0.982. The molecule has 0 aromatic heterocycles. The largest absolute Gasteiger partial charge is 0.337 e. The summed E-state index contributed by atoms with van der Waals surface area (Å²) in [6.07, 6.45) is 23.2. The summed E-state index contributed by atoms with van der Waals surface area (Å²) in [5.74, 6) is 0. The molecule has 1 aliphatic heterocycles. The Morgan fingerprint density at radius 1 is 0.660 bits per heavy atom. The lowest BCUT2D eigenvalue weighted by Crippen LogP contribution is -2.32. The minimum Gasteiger partial charge on any atom is -0.337 e. The van der Waals surface area contributed by atoms with Crippen LogP contribution in [0.3, 0.4) is 0 Å². The Kier molecular flexibility index (Phi) is 7.61. The lowest BCUT2D eigenvalue weighted by atomic mass is 9.82. The van der Waals surface area contributed by atoms with Crippen molar-refractivity contribution in [3.63, 3.8) is 0 Å². The van der Waals surface area contributed by atoms with E-state index in [0.717, 1.165) is 25.7 Å². The van der Waals surface area contributed by atoms with E-state index in [1.807, 2.05) is 0 Å². The van der Waals surface area contributed by atoms with Gasteiger partial charge in [-0.2, -0.15) is 0 Å². The highest BCUT2D eigenvalue weighted by molar-refractivity contribution is 5.92. The second kappa shape index (κ2) is 12.7. The zero-order chi connectivity index (χ0) is 35.5. The van der Waals surface area contributed by atoms with E-state index in [1.165, 1.54) is 78.4 Å². The van der Waals surface area contributed by atoms with Gasteiger partial charge in [-0.15, -0.1) is 0 Å². The zero-order valence-corrected chi connectivity index (χ0v) is 30.5. The number of hydrogen-bond acceptors (Lipinski definition) is 2. The molecule has 2 heteroatoms. The molecule has 0 bridgehead atoms. The van der Waals surface area contributed by atoms with Crippen molar-refractivity contribution in [3.05, 3.63) is 203 Å². The number of anilines is 3. The van der Waals surface area contributed by atoms with Crippen molar-refractivity contribution in [2.24, 2.45) is 0 Å². The summed E-state index contributed by atoms with van der Waals surface area (Å²) in [5.41, 5.74) is 18.7. The Labute approximate surface area is 314 Å². The fourth-order valence-electron chi connectivity index (χ4n) is 9.47. The minimum absolute atomic E-state index is 0.0578. The number of nitrogens with zero attached hydrogens (tertiary/aromatic N) is 2. The maximum Gasteiger partial charge on any atom is 0.0630 e. The Morgan fingerprint density at radius 3 is 2.17 bits per heavy atom. The van der Waals surface area contributed by atoms with Gasteiger partial charge in [0, 0.05) is 33.7 Å². The molecule has 0 saturated carbocycles. The average molecular weight is 685 g/mol. The molecule has 0 fully saturated rings. The monoisotopic (exact) mass is 684 g/mol. The molecule has 5 aliphatic rings. The third-order valence-electron chi connectivity index (χ3n) is 12.2. The Bertz CT molecular complexity index is 2430. The van der Waals surface area contributed by atoms with Gasteiger partial charge in [-0.1, -0.05) is 141 Å². The Morgan fingerprint density at radius 2 is 1.38 bits per heavy atom. The molecule has 0 saturated heterocycles. The van der Waals surface area contributed by atoms with Crippen molar-refractivity contribution >= 4 is 22.6 Å². The normalized spacial score (nSPS) is 20.4. The van der Waals surface area contributed by atoms with Crippen LogP contribution in [0, 0.1) is 0 Å². The zero-order valence-electron chi connectivity index (χ0n) is 30.5. The van der Waals surface area contributed by atoms with Gasteiger partial charge < -0.3 is 9.80 Å². The summed E-state index contributed by atoms with van der Waals surface area (Å²) in [7, 11) is 0. The molecule has 0 amide bonds. The predicted octanol–water partition coefficient (Wildman–Crippen LogP) is 12.9. The van der Waals surface area contributed by atoms with Crippen LogP contribution in [0.1, 0.15) is 56.2 Å². The van der Waals surface area contributed by atoms with E-state index in [2.05, 4.69) is 194 Å². The highest BCUT2D eigenvalue weighted by atomic mass is 15.2. The molecule has 53 heavy (non-hydrogen) atoms. The molecule has 10 rings (SSSR count). The van der Waals surface area contributed by atoms with E-state index >= 15 is 0 Å². The molecule has 5 aromatic carbocycles. The van der Waals surface area contributed by atoms with E-state index in [-0.39, 0.29) is 11.5 Å². The quantitative estimate of drug-likeness (QED) is 0.176. The van der Waals surface area contributed by atoms with Gasteiger partial charge >= 0.3 is 0 Å². The number of rotatable bonds is 6. The predicted molar refractivity (Wildman–Crippen MR) is 223 cm³/mol. The van der Waals surface area contributed by atoms with E-state index < -0.39 is 0 Å². The summed E-state index contributed by atoms with van der Waals surface area (Å²) in [4.78, 5) is 5.16. The average Bonchev–Trinajstić information content (AvgIpc) is 3.67. The van der Waals surface area contributed by atoms with Crippen molar-refractivity contribution in [3.8, 4) is 22.3 Å². The van der Waals surface area contributed by atoms with Crippen LogP contribution in [0.5, 0.6) is 0 Å². The van der Waals surface area contributed by atoms with Gasteiger partial charge in [0.1, 0.15) is 0 Å². The topological polar surface area (TPSA) is 6.48 Å². The van der Waals surface area contributed by atoms with Crippen molar-refractivity contribution in [1.29, 1.82) is 0 Å². The van der Waals surface area contributed by atoms with Gasteiger partial charge in [-0.05, 0) is 118 Å². The van der Waals surface area contributed by atoms with E-state index in [0.29, 0.717) is 6.04 Å². The van der Waals surface area contributed by atoms with Crippen LogP contribution in [0.4, 0.5) is 17.1 Å². The van der Waals surface area contributed by atoms with Crippen molar-refractivity contribution in [1.82, 2.24) is 0 Å². The highest BCUT2D eigenvalue weighted by Crippen LogP contribution is 2.51. The molecule has 0 spiro atoms. The summed E-state index contributed by atoms with van der Waals surface area (Å²) >= 11 is 0. The fraction of sp³-hybridized carbons (Fsp3) is 0.176. The lowest BCUT2D eigenvalue weighted by molar-refractivity contribution is 0.659. The van der Waals surface area contributed by atoms with Gasteiger partial charge in [-0.25, -0.2) is 0 Å². The molecule has 5 aromatic rings. The first kappa shape index (κ1) is 31.8. The first-order valence-corrected chi connectivity index (χ1v) is 19.3. The SMILES string of the molecule is CC1(C)c2ccccc2-c2ccc(N(c3ccc(-c4ccccc4)cc3)C3C=CC(C4=CCC5C(=C4)c4ccccc4N5C4=CC=CCC4)=CC3)cc21. The van der Waals surface area contributed by atoms with Gasteiger partial charge in [0.25, 0.3) is 0 Å². The van der Waals surface area contributed by atoms with Gasteiger partial charge in [0.2, 0.25) is 0 Å². The first-order chi connectivity index (χ1) is 26.0. The van der Waals surface area contributed by atoms with Crippen LogP contribution < -0.4 is 9.80 Å². The maximum atomic E-state index is 2.61. The Hall–Kier alpha value is -5.86. The highest BCUT2D eigenvalue weighted by Gasteiger charge is 2.38. The molecular weight excluding hydrogens is 641 g/mol. The minimum atomic E-state index is -0.0578. The number of benzene rings is 5. The van der Waals surface area contributed by atoms with Crippen LogP contribution in [0.2, 0.25) is 0 Å². The van der Waals surface area contributed by atoms with Crippen molar-refractivity contribution in [2.75, 3.05) is 9.80 Å². The fourth-order valence-corrected chi connectivity index (χ4v) is 9.47. The number of allylic oxidation sites excluding steroid dienone is 8. The van der Waals surface area contributed by atoms with Crippen molar-refractivity contribution < 1.29 is 0 Å². The molecule has 1 heterocycles. The van der Waals surface area contributed by atoms with Crippen LogP contribution >= 0.6 is 0 Å². The summed E-state index contributed by atoms with van der Waals surface area (Å²) < 4.78 is 0. The summed E-state index contributed by atoms with van der Waals surface area (Å²) in [6, 6.07) is 45.5. The smallest absolute Gasteiger partial charge is 0.0630 e. The van der Waals surface area contributed by atoms with E-state index in [4.69, 9.17) is 0 Å². The van der Waals surface area contributed by atoms with Crippen LogP contribution in [-0.2, 0) is 5.41 Å². The molecule has 4 aliphatic carbocycles. The van der Waals surface area contributed by atoms with Crippen LogP contribution in [0.15, 0.2) is 187 Å². The second-order valence-electron chi connectivity index (χ2n) is 15.5. The van der Waals surface area contributed by atoms with Gasteiger partial charge in [0.15, 0.2) is 0 Å². The molecule has 2 nitrogen and oxygen atoms in total. The van der Waals surface area contributed by atoms with E-state index in [9.17, 15) is 0 Å². The second-order valence-corrected chi connectivity index (χ2v) is 15.5. The molecule has 0 radical (unpaired) electrons. The summed E-state index contributed by atoms with van der Waals surface area (Å²) in [6.45, 7) is 4.75. The summed E-state index contributed by atoms with van der Waals surface area (Å²) in [5, 5.41) is 0. The third-order valence-corrected chi connectivity index (χ3v) is 12.2. The molecule has 258 valence electrons. The number of fused-ring (bicyclic) bond motifs is 6. The van der Waals surface area contributed by atoms with Crippen LogP contribution in [-0.4, -0.2) is 12.1 Å². The molecule has 0 N–H and O–H groups in total. The first-order valence-electron chi connectivity index (χ1n) is 19.3.